The summed E-state index contributed by atoms with van der Waals surface area (Å²) in [5.41, 5.74) is -2.62. The lowest BCUT2D eigenvalue weighted by molar-refractivity contribution is -0.147. The van der Waals surface area contributed by atoms with Crippen molar-refractivity contribution in [1.82, 2.24) is 5.32 Å². The topological polar surface area (TPSA) is 75.6 Å². The van der Waals surface area contributed by atoms with Crippen LogP contribution in [0.25, 0.3) is 0 Å². The van der Waals surface area contributed by atoms with E-state index in [1.54, 1.807) is 20.8 Å². The number of hydrogen-bond donors (Lipinski definition) is 2. The smallest absolute Gasteiger partial charge is 0.408 e. The summed E-state index contributed by atoms with van der Waals surface area (Å²) in [4.78, 5) is 22.6. The summed E-state index contributed by atoms with van der Waals surface area (Å²) in [6, 6.07) is 0. The zero-order valence-corrected chi connectivity index (χ0v) is 11.9. The van der Waals surface area contributed by atoms with Crippen LogP contribution in [0.3, 0.4) is 0 Å². The Kier molecular flexibility index (Phi) is 5.86. The van der Waals surface area contributed by atoms with Crippen LogP contribution in [0.4, 0.5) is 18.0 Å². The van der Waals surface area contributed by atoms with Gasteiger partial charge in [-0.1, -0.05) is 0 Å². The fourth-order valence-corrected chi connectivity index (χ4v) is 1.39. The van der Waals surface area contributed by atoms with Gasteiger partial charge in [0.05, 0.1) is 0 Å². The number of carboxylic acid groups (broad SMARTS) is 1. The Morgan fingerprint density at radius 3 is 1.95 bits per heavy atom. The van der Waals surface area contributed by atoms with E-state index < -0.39 is 42.2 Å². The lowest BCUT2D eigenvalue weighted by Crippen LogP contribution is -2.53. The predicted octanol–water partition coefficient (Wildman–Crippen LogP) is 3.09. The van der Waals surface area contributed by atoms with Gasteiger partial charge in [-0.15, -0.1) is 0 Å². The van der Waals surface area contributed by atoms with Gasteiger partial charge in [0.25, 0.3) is 0 Å². The highest BCUT2D eigenvalue weighted by Gasteiger charge is 2.37. The average molecular weight is 299 g/mol. The number of ether oxygens (including phenoxy) is 1. The largest absolute Gasteiger partial charge is 0.480 e. The van der Waals surface area contributed by atoms with Crippen LogP contribution in [0, 0.1) is 0 Å². The second-order valence-corrected chi connectivity index (χ2v) is 5.73. The third-order valence-corrected chi connectivity index (χ3v) is 2.39. The average Bonchev–Trinajstić information content (AvgIpc) is 2.10. The van der Waals surface area contributed by atoms with Gasteiger partial charge in [-0.25, -0.2) is 9.59 Å². The van der Waals surface area contributed by atoms with E-state index >= 15 is 0 Å². The number of carboxylic acids is 1. The van der Waals surface area contributed by atoms with Crippen molar-refractivity contribution in [2.75, 3.05) is 0 Å². The van der Waals surface area contributed by atoms with Gasteiger partial charge in [0.15, 0.2) is 0 Å². The number of alkyl halides is 3. The van der Waals surface area contributed by atoms with Gasteiger partial charge in [0.1, 0.15) is 11.1 Å². The first kappa shape index (κ1) is 18.5. The number of alkyl carbamates (subject to hydrolysis) is 1. The normalized spacial score (nSPS) is 15.3. The van der Waals surface area contributed by atoms with Crippen molar-refractivity contribution in [3.63, 3.8) is 0 Å². The molecule has 0 saturated heterocycles. The van der Waals surface area contributed by atoms with E-state index in [2.05, 4.69) is 5.32 Å². The molecule has 0 spiro atoms. The fraction of sp³-hybridized carbons (Fsp3) is 0.833. The van der Waals surface area contributed by atoms with Crippen LogP contribution < -0.4 is 5.32 Å². The number of carbonyl (C=O) groups excluding carboxylic acids is 1. The summed E-state index contributed by atoms with van der Waals surface area (Å²) in [6.07, 6.45) is -7.19. The highest BCUT2D eigenvalue weighted by molar-refractivity contribution is 5.83. The van der Waals surface area contributed by atoms with E-state index in [9.17, 15) is 22.8 Å². The van der Waals surface area contributed by atoms with E-state index in [1.807, 2.05) is 0 Å². The Labute approximate surface area is 115 Å². The Morgan fingerprint density at radius 2 is 1.60 bits per heavy atom. The van der Waals surface area contributed by atoms with Gasteiger partial charge in [-0.3, -0.25) is 0 Å². The molecule has 0 aliphatic carbocycles. The molecule has 0 aromatic heterocycles. The molecule has 118 valence electrons. The summed E-state index contributed by atoms with van der Waals surface area (Å²) in [5.74, 6) is -1.41. The molecule has 0 rings (SSSR count). The quantitative estimate of drug-likeness (QED) is 0.818. The SMILES string of the molecule is CC(C)(C)OC(=O)NC(C)(CCCC(F)(F)F)C(=O)O. The van der Waals surface area contributed by atoms with Crippen LogP contribution in [0.2, 0.25) is 0 Å². The van der Waals surface area contributed by atoms with Gasteiger partial charge in [0.2, 0.25) is 0 Å². The third kappa shape index (κ3) is 7.85. The molecule has 20 heavy (non-hydrogen) atoms. The molecule has 1 atom stereocenters. The Hall–Kier alpha value is -1.47. The maximum atomic E-state index is 12.1. The molecule has 0 heterocycles. The highest BCUT2D eigenvalue weighted by Crippen LogP contribution is 2.25. The molecule has 0 fully saturated rings. The molecule has 1 amide bonds. The maximum Gasteiger partial charge on any atom is 0.408 e. The van der Waals surface area contributed by atoms with Crippen molar-refractivity contribution in [3.05, 3.63) is 0 Å². The number of aliphatic carboxylic acids is 1. The van der Waals surface area contributed by atoms with Crippen molar-refractivity contribution < 1.29 is 32.6 Å². The standard InChI is InChI=1S/C12H20F3NO4/c1-10(2,3)20-9(19)16-11(4,8(17)18)6-5-7-12(13,14)15/h5-7H2,1-4H3,(H,16,19)(H,17,18). The van der Waals surface area contributed by atoms with Crippen LogP contribution in [-0.4, -0.2) is 34.5 Å². The first-order chi connectivity index (χ1) is 8.75. The summed E-state index contributed by atoms with van der Waals surface area (Å²) < 4.78 is 41.1. The lowest BCUT2D eigenvalue weighted by atomic mass is 9.95. The van der Waals surface area contributed by atoms with Crippen LogP contribution in [0.5, 0.6) is 0 Å². The molecule has 2 N–H and O–H groups in total. The number of amides is 1. The second-order valence-electron chi connectivity index (χ2n) is 5.73. The molecule has 8 heteroatoms. The van der Waals surface area contributed by atoms with Crippen LogP contribution in [-0.2, 0) is 9.53 Å². The molecule has 0 aromatic carbocycles. The van der Waals surface area contributed by atoms with Crippen molar-refractivity contribution in [1.29, 1.82) is 0 Å². The summed E-state index contributed by atoms with van der Waals surface area (Å²) in [5, 5.41) is 11.2. The summed E-state index contributed by atoms with van der Waals surface area (Å²) in [7, 11) is 0. The Morgan fingerprint density at radius 1 is 1.10 bits per heavy atom. The molecule has 1 unspecified atom stereocenters. The monoisotopic (exact) mass is 299 g/mol. The minimum absolute atomic E-state index is 0.346. The molecule has 0 aliphatic rings. The number of hydrogen-bond acceptors (Lipinski definition) is 3. The molecule has 0 aromatic rings. The molecule has 0 bridgehead atoms. The van der Waals surface area contributed by atoms with Crippen molar-refractivity contribution >= 4 is 12.1 Å². The summed E-state index contributed by atoms with van der Waals surface area (Å²) >= 11 is 0. The maximum absolute atomic E-state index is 12.1. The Bertz CT molecular complexity index is 363. The zero-order chi connectivity index (χ0) is 16.2. The second kappa shape index (κ2) is 6.32. The Balaban J connectivity index is 4.61. The van der Waals surface area contributed by atoms with Crippen molar-refractivity contribution in [2.24, 2.45) is 0 Å². The van der Waals surface area contributed by atoms with Crippen molar-refractivity contribution in [3.8, 4) is 0 Å². The van der Waals surface area contributed by atoms with Gasteiger partial charge in [-0.05, 0) is 40.5 Å². The van der Waals surface area contributed by atoms with Crippen LogP contribution in [0.15, 0.2) is 0 Å². The number of rotatable bonds is 5. The van der Waals surface area contributed by atoms with Crippen LogP contribution >= 0.6 is 0 Å². The first-order valence-electron chi connectivity index (χ1n) is 6.06. The number of carbonyl (C=O) groups is 2. The minimum atomic E-state index is -4.36. The van der Waals surface area contributed by atoms with Crippen LogP contribution in [0.1, 0.15) is 47.0 Å². The van der Waals surface area contributed by atoms with E-state index in [-0.39, 0.29) is 6.42 Å². The third-order valence-electron chi connectivity index (χ3n) is 2.39. The molecule has 0 radical (unpaired) electrons. The van der Waals surface area contributed by atoms with Gasteiger partial charge in [0, 0.05) is 6.42 Å². The van der Waals surface area contributed by atoms with Gasteiger partial charge >= 0.3 is 18.2 Å². The molecule has 0 aliphatic heterocycles. The van der Waals surface area contributed by atoms with E-state index in [1.165, 1.54) is 0 Å². The van der Waals surface area contributed by atoms with E-state index in [4.69, 9.17) is 9.84 Å². The number of nitrogens with one attached hydrogen (secondary N) is 1. The first-order valence-corrected chi connectivity index (χ1v) is 6.06. The summed E-state index contributed by atoms with van der Waals surface area (Å²) in [6.45, 7) is 5.92. The molecular formula is C12H20F3NO4. The molecular weight excluding hydrogens is 279 g/mol. The molecule has 0 saturated carbocycles. The number of halogens is 3. The minimum Gasteiger partial charge on any atom is -0.480 e. The lowest BCUT2D eigenvalue weighted by Gasteiger charge is -2.28. The van der Waals surface area contributed by atoms with Crippen molar-refractivity contribution in [2.45, 2.75) is 64.3 Å². The molecule has 5 nitrogen and oxygen atoms in total. The van der Waals surface area contributed by atoms with Gasteiger partial charge < -0.3 is 15.2 Å². The van der Waals surface area contributed by atoms with E-state index in [0.717, 1.165) is 6.92 Å². The predicted molar refractivity (Wildman–Crippen MR) is 65.3 cm³/mol. The fourth-order valence-electron chi connectivity index (χ4n) is 1.39. The van der Waals surface area contributed by atoms with Gasteiger partial charge in [-0.2, -0.15) is 13.2 Å². The van der Waals surface area contributed by atoms with E-state index in [0.29, 0.717) is 0 Å². The zero-order valence-electron chi connectivity index (χ0n) is 11.9. The highest BCUT2D eigenvalue weighted by atomic mass is 19.4.